The second-order valence-corrected chi connectivity index (χ2v) is 8.49. The van der Waals surface area contributed by atoms with Crippen molar-refractivity contribution in [2.75, 3.05) is 6.61 Å². The van der Waals surface area contributed by atoms with Crippen LogP contribution >= 0.6 is 0 Å². The average Bonchev–Trinajstić information content (AvgIpc) is 3.16. The van der Waals surface area contributed by atoms with Crippen molar-refractivity contribution in [2.45, 2.75) is 33.1 Å². The van der Waals surface area contributed by atoms with Crippen molar-refractivity contribution < 1.29 is 4.74 Å². The Morgan fingerprint density at radius 2 is 1.53 bits per heavy atom. The molecular formula is C27H28N2O. The van der Waals surface area contributed by atoms with Crippen LogP contribution in [0.25, 0.3) is 28.9 Å². The first kappa shape index (κ1) is 20.0. The highest BCUT2D eigenvalue weighted by Gasteiger charge is 2.12. The van der Waals surface area contributed by atoms with E-state index in [4.69, 9.17) is 4.74 Å². The zero-order valence-corrected chi connectivity index (χ0v) is 18.1. The zero-order chi connectivity index (χ0) is 21.1. The van der Waals surface area contributed by atoms with Crippen LogP contribution in [0.4, 0.5) is 0 Å². The molecule has 3 heteroatoms. The van der Waals surface area contributed by atoms with Gasteiger partial charge in [-0.3, -0.25) is 4.57 Å². The highest BCUT2D eigenvalue weighted by molar-refractivity contribution is 5.82. The molecule has 30 heavy (non-hydrogen) atoms. The molecular weight excluding hydrogens is 368 g/mol. The number of fused-ring (bicyclic) bond motifs is 1. The number of rotatable bonds is 5. The minimum Gasteiger partial charge on any atom is -0.494 e. The Morgan fingerprint density at radius 3 is 2.20 bits per heavy atom. The van der Waals surface area contributed by atoms with Gasteiger partial charge in [0.05, 0.1) is 17.6 Å². The average molecular weight is 397 g/mol. The minimum atomic E-state index is 0.176. The van der Waals surface area contributed by atoms with Crippen LogP contribution in [-0.4, -0.2) is 16.2 Å². The third kappa shape index (κ3) is 4.30. The third-order valence-electron chi connectivity index (χ3n) is 5.24. The first-order valence-corrected chi connectivity index (χ1v) is 10.4. The van der Waals surface area contributed by atoms with Gasteiger partial charge in [0.25, 0.3) is 0 Å². The Morgan fingerprint density at radius 1 is 0.867 bits per heavy atom. The molecule has 0 aliphatic heterocycles. The van der Waals surface area contributed by atoms with E-state index >= 15 is 0 Å². The second-order valence-electron chi connectivity index (χ2n) is 8.49. The fraction of sp³-hybridized carbons (Fsp3) is 0.222. The van der Waals surface area contributed by atoms with Gasteiger partial charge in [-0.15, -0.1) is 0 Å². The molecule has 0 atom stereocenters. The van der Waals surface area contributed by atoms with Crippen LogP contribution in [-0.2, 0) is 5.41 Å². The smallest absolute Gasteiger partial charge is 0.119 e. The summed E-state index contributed by atoms with van der Waals surface area (Å²) < 4.78 is 7.64. The van der Waals surface area contributed by atoms with Gasteiger partial charge in [-0.25, -0.2) is 4.98 Å². The summed E-state index contributed by atoms with van der Waals surface area (Å²) in [7, 11) is 0. The van der Waals surface area contributed by atoms with E-state index in [9.17, 15) is 0 Å². The number of ether oxygens (including phenoxy) is 1. The van der Waals surface area contributed by atoms with Crippen LogP contribution in [0.2, 0.25) is 0 Å². The summed E-state index contributed by atoms with van der Waals surface area (Å²) in [6.45, 7) is 9.37. The standard InChI is InChI=1S/C27H28N2O/c1-5-30-24-15-13-23(14-16-24)29-19-28-25-18-21(10-17-26(25)29)7-6-20-8-11-22(12-9-20)27(2,3)4/h6-19H,5H2,1-4H3/b7-6+. The van der Waals surface area contributed by atoms with Crippen LogP contribution in [0.1, 0.15) is 44.4 Å². The van der Waals surface area contributed by atoms with Gasteiger partial charge in [0, 0.05) is 5.69 Å². The van der Waals surface area contributed by atoms with E-state index in [1.807, 2.05) is 25.4 Å². The summed E-state index contributed by atoms with van der Waals surface area (Å²) in [5.41, 5.74) is 7.00. The SMILES string of the molecule is CCOc1ccc(-n2cnc3cc(/C=C/c4ccc(C(C)(C)C)cc4)ccc32)cc1. The van der Waals surface area contributed by atoms with E-state index in [2.05, 4.69) is 97.1 Å². The molecule has 1 heterocycles. The lowest BCUT2D eigenvalue weighted by Gasteiger charge is -2.18. The molecule has 0 aliphatic carbocycles. The van der Waals surface area contributed by atoms with Gasteiger partial charge in [0.2, 0.25) is 0 Å². The first-order valence-electron chi connectivity index (χ1n) is 10.4. The van der Waals surface area contributed by atoms with E-state index < -0.39 is 0 Å². The van der Waals surface area contributed by atoms with Gasteiger partial charge in [-0.05, 0) is 65.4 Å². The van der Waals surface area contributed by atoms with E-state index in [1.54, 1.807) is 0 Å². The zero-order valence-electron chi connectivity index (χ0n) is 18.1. The highest BCUT2D eigenvalue weighted by Crippen LogP contribution is 2.24. The van der Waals surface area contributed by atoms with Gasteiger partial charge in [0.1, 0.15) is 12.1 Å². The normalized spacial score (nSPS) is 12.0. The molecule has 3 aromatic carbocycles. The van der Waals surface area contributed by atoms with Crippen LogP contribution in [0, 0.1) is 0 Å². The number of imidazole rings is 1. The van der Waals surface area contributed by atoms with Gasteiger partial charge >= 0.3 is 0 Å². The Labute approximate surface area is 178 Å². The van der Waals surface area contributed by atoms with Gasteiger partial charge in [-0.2, -0.15) is 0 Å². The molecule has 0 bridgehead atoms. The molecule has 0 saturated carbocycles. The molecule has 152 valence electrons. The topological polar surface area (TPSA) is 27.1 Å². The van der Waals surface area contributed by atoms with E-state index in [0.29, 0.717) is 6.61 Å². The van der Waals surface area contributed by atoms with Gasteiger partial charge in [0.15, 0.2) is 0 Å². The van der Waals surface area contributed by atoms with Crippen molar-refractivity contribution in [3.63, 3.8) is 0 Å². The molecule has 0 amide bonds. The summed E-state index contributed by atoms with van der Waals surface area (Å²) in [6.07, 6.45) is 6.16. The molecule has 3 nitrogen and oxygen atoms in total. The van der Waals surface area contributed by atoms with Crippen LogP contribution in [0.5, 0.6) is 5.75 Å². The number of hydrogen-bond donors (Lipinski definition) is 0. The van der Waals surface area contributed by atoms with Crippen molar-refractivity contribution in [1.29, 1.82) is 0 Å². The molecule has 1 aromatic heterocycles. The molecule has 0 saturated heterocycles. The molecule has 0 aliphatic rings. The monoisotopic (exact) mass is 396 g/mol. The summed E-state index contributed by atoms with van der Waals surface area (Å²) in [6, 6.07) is 23.3. The van der Waals surface area contributed by atoms with Crippen LogP contribution in [0.15, 0.2) is 73.1 Å². The molecule has 4 rings (SSSR count). The Bertz CT molecular complexity index is 1160. The van der Waals surface area contributed by atoms with Gasteiger partial charge < -0.3 is 4.74 Å². The molecule has 0 fully saturated rings. The quantitative estimate of drug-likeness (QED) is 0.343. The fourth-order valence-corrected chi connectivity index (χ4v) is 3.50. The maximum Gasteiger partial charge on any atom is 0.119 e. The lowest BCUT2D eigenvalue weighted by Crippen LogP contribution is -2.10. The highest BCUT2D eigenvalue weighted by atomic mass is 16.5. The Hall–Kier alpha value is -3.33. The molecule has 4 aromatic rings. The Balaban J connectivity index is 1.55. The van der Waals surface area contributed by atoms with Crippen molar-refractivity contribution in [3.8, 4) is 11.4 Å². The van der Waals surface area contributed by atoms with E-state index in [0.717, 1.165) is 28.0 Å². The summed E-state index contributed by atoms with van der Waals surface area (Å²) in [4.78, 5) is 4.61. The van der Waals surface area contributed by atoms with Crippen LogP contribution in [0.3, 0.4) is 0 Å². The predicted molar refractivity (Wildman–Crippen MR) is 126 cm³/mol. The third-order valence-corrected chi connectivity index (χ3v) is 5.24. The molecule has 0 spiro atoms. The number of aromatic nitrogens is 2. The Kier molecular flexibility index (Phi) is 5.45. The number of nitrogens with zero attached hydrogens (tertiary/aromatic N) is 2. The number of hydrogen-bond acceptors (Lipinski definition) is 2. The molecule has 0 radical (unpaired) electrons. The molecule has 0 N–H and O–H groups in total. The maximum atomic E-state index is 5.54. The van der Waals surface area contributed by atoms with Crippen molar-refractivity contribution in [2.24, 2.45) is 0 Å². The largest absolute Gasteiger partial charge is 0.494 e. The lowest BCUT2D eigenvalue weighted by molar-refractivity contribution is 0.340. The maximum absolute atomic E-state index is 5.54. The van der Waals surface area contributed by atoms with Gasteiger partial charge in [-0.1, -0.05) is 63.3 Å². The first-order chi connectivity index (χ1) is 14.4. The molecule has 0 unspecified atom stereocenters. The summed E-state index contributed by atoms with van der Waals surface area (Å²) in [5, 5.41) is 0. The summed E-state index contributed by atoms with van der Waals surface area (Å²) in [5.74, 6) is 0.883. The fourth-order valence-electron chi connectivity index (χ4n) is 3.50. The minimum absolute atomic E-state index is 0.176. The lowest BCUT2D eigenvalue weighted by atomic mass is 9.87. The van der Waals surface area contributed by atoms with Crippen molar-refractivity contribution in [3.05, 3.63) is 89.7 Å². The number of benzene rings is 3. The second kappa shape index (κ2) is 8.19. The summed E-state index contributed by atoms with van der Waals surface area (Å²) >= 11 is 0. The van der Waals surface area contributed by atoms with E-state index in [1.165, 1.54) is 11.1 Å². The van der Waals surface area contributed by atoms with Crippen molar-refractivity contribution >= 4 is 23.2 Å². The van der Waals surface area contributed by atoms with Crippen molar-refractivity contribution in [1.82, 2.24) is 9.55 Å². The van der Waals surface area contributed by atoms with E-state index in [-0.39, 0.29) is 5.41 Å². The van der Waals surface area contributed by atoms with Crippen LogP contribution < -0.4 is 4.74 Å². The predicted octanol–water partition coefficient (Wildman–Crippen LogP) is 6.89.